The molecule has 5 nitrogen and oxygen atoms in total. The number of hydrogen-bond acceptors (Lipinski definition) is 4. The maximum Gasteiger partial charge on any atom is 0.244 e. The molecule has 1 aliphatic rings. The first-order valence-electron chi connectivity index (χ1n) is 7.21. The van der Waals surface area contributed by atoms with Crippen molar-refractivity contribution in [2.75, 3.05) is 19.8 Å². The third-order valence-electron chi connectivity index (χ3n) is 3.35. The summed E-state index contributed by atoms with van der Waals surface area (Å²) in [6.07, 6.45) is 7.44. The van der Waals surface area contributed by atoms with Crippen molar-refractivity contribution in [1.82, 2.24) is 10.3 Å². The Morgan fingerprint density at radius 1 is 1.52 bits per heavy atom. The van der Waals surface area contributed by atoms with Crippen LogP contribution in [0.2, 0.25) is 0 Å². The Bertz CT molecular complexity index is 482. The Morgan fingerprint density at radius 3 is 2.95 bits per heavy atom. The Hall–Kier alpha value is -1.72. The highest BCUT2D eigenvalue weighted by Gasteiger charge is 2.32. The average molecular weight is 290 g/mol. The Morgan fingerprint density at radius 2 is 2.29 bits per heavy atom. The van der Waals surface area contributed by atoms with Crippen LogP contribution in [0.1, 0.15) is 25.8 Å². The quantitative estimate of drug-likeness (QED) is 0.814. The second-order valence-corrected chi connectivity index (χ2v) is 5.50. The van der Waals surface area contributed by atoms with Gasteiger partial charge in [0.05, 0.1) is 13.2 Å². The van der Waals surface area contributed by atoms with Crippen LogP contribution in [-0.4, -0.2) is 36.4 Å². The van der Waals surface area contributed by atoms with Gasteiger partial charge < -0.3 is 14.8 Å². The van der Waals surface area contributed by atoms with Crippen molar-refractivity contribution in [2.45, 2.75) is 26.1 Å². The second kappa shape index (κ2) is 7.33. The van der Waals surface area contributed by atoms with Crippen LogP contribution >= 0.6 is 0 Å². The third kappa shape index (κ3) is 5.28. The molecule has 1 atom stereocenters. The maximum atomic E-state index is 11.8. The topological polar surface area (TPSA) is 60.5 Å². The molecule has 2 heterocycles. The molecule has 0 aromatic carbocycles. The van der Waals surface area contributed by atoms with E-state index in [2.05, 4.69) is 17.2 Å². The summed E-state index contributed by atoms with van der Waals surface area (Å²) in [6.45, 7) is 5.90. The molecule has 2 rings (SSSR count). The van der Waals surface area contributed by atoms with E-state index in [0.29, 0.717) is 19.8 Å². The van der Waals surface area contributed by atoms with Crippen LogP contribution in [0.25, 0.3) is 6.08 Å². The van der Waals surface area contributed by atoms with Crippen molar-refractivity contribution >= 4 is 12.0 Å². The van der Waals surface area contributed by atoms with Crippen molar-refractivity contribution in [2.24, 2.45) is 5.92 Å². The monoisotopic (exact) mass is 290 g/mol. The Labute approximate surface area is 125 Å². The van der Waals surface area contributed by atoms with Gasteiger partial charge in [-0.15, -0.1) is 0 Å². The fraction of sp³-hybridized carbons (Fsp3) is 0.500. The lowest BCUT2D eigenvalue weighted by molar-refractivity contribution is -0.154. The van der Waals surface area contributed by atoms with E-state index < -0.39 is 5.79 Å². The van der Waals surface area contributed by atoms with Crippen molar-refractivity contribution < 1.29 is 14.3 Å². The number of amides is 1. The summed E-state index contributed by atoms with van der Waals surface area (Å²) in [7, 11) is 0. The zero-order chi connectivity index (χ0) is 15.1. The predicted molar refractivity (Wildman–Crippen MR) is 80.4 cm³/mol. The number of rotatable bonds is 6. The van der Waals surface area contributed by atoms with Crippen molar-refractivity contribution in [1.29, 1.82) is 0 Å². The van der Waals surface area contributed by atoms with Gasteiger partial charge in [0.2, 0.25) is 5.91 Å². The number of nitrogens with zero attached hydrogens (tertiary/aromatic N) is 1. The molecule has 21 heavy (non-hydrogen) atoms. The molecule has 0 spiro atoms. The van der Waals surface area contributed by atoms with E-state index in [-0.39, 0.29) is 11.8 Å². The highest BCUT2D eigenvalue weighted by molar-refractivity contribution is 5.91. The van der Waals surface area contributed by atoms with Gasteiger partial charge in [-0.2, -0.15) is 0 Å². The van der Waals surface area contributed by atoms with Crippen LogP contribution in [0.3, 0.4) is 0 Å². The molecule has 1 unspecified atom stereocenters. The normalized spacial score (nSPS) is 18.8. The van der Waals surface area contributed by atoms with Crippen LogP contribution in [0.5, 0.6) is 0 Å². The van der Waals surface area contributed by atoms with Crippen molar-refractivity contribution in [3.8, 4) is 0 Å². The van der Waals surface area contributed by atoms with Gasteiger partial charge >= 0.3 is 0 Å². The molecule has 5 heteroatoms. The molecule has 1 aromatic rings. The van der Waals surface area contributed by atoms with Gasteiger partial charge in [0.1, 0.15) is 0 Å². The number of aromatic nitrogens is 1. The minimum absolute atomic E-state index is 0.107. The highest BCUT2D eigenvalue weighted by Crippen LogP contribution is 2.26. The van der Waals surface area contributed by atoms with E-state index in [1.165, 1.54) is 6.08 Å². The summed E-state index contributed by atoms with van der Waals surface area (Å²) < 4.78 is 11.1. The first-order chi connectivity index (χ1) is 10.1. The standard InChI is InChI=1S/C16H22N2O3/c1-13(10-16(2)20-8-9-21-16)11-18-15(19)6-5-14-4-3-7-17-12-14/h3-7,12-13H,8-11H2,1-2H3,(H,18,19)/b6-5+. The van der Waals surface area contributed by atoms with Crippen LogP contribution in [0, 0.1) is 5.92 Å². The number of carbonyl (C=O) groups excluding carboxylic acids is 1. The molecule has 0 saturated carbocycles. The van der Waals surface area contributed by atoms with Crippen LogP contribution in [0.15, 0.2) is 30.6 Å². The van der Waals surface area contributed by atoms with Crippen LogP contribution < -0.4 is 5.32 Å². The first kappa shape index (κ1) is 15.7. The van der Waals surface area contributed by atoms with Gasteiger partial charge in [-0.1, -0.05) is 13.0 Å². The SMILES string of the molecule is CC(CNC(=O)/C=C/c1cccnc1)CC1(C)OCCO1. The molecule has 1 N–H and O–H groups in total. The summed E-state index contributed by atoms with van der Waals surface area (Å²) in [5, 5.41) is 2.89. The molecule has 1 fully saturated rings. The number of carbonyl (C=O) groups is 1. The highest BCUT2D eigenvalue weighted by atomic mass is 16.7. The Kier molecular flexibility index (Phi) is 5.47. The predicted octanol–water partition coefficient (Wildman–Crippen LogP) is 2.00. The third-order valence-corrected chi connectivity index (χ3v) is 3.35. The van der Waals surface area contributed by atoms with Gasteiger partial charge in [0.25, 0.3) is 0 Å². The molecule has 1 saturated heterocycles. The summed E-state index contributed by atoms with van der Waals surface area (Å²) in [4.78, 5) is 15.7. The molecule has 114 valence electrons. The summed E-state index contributed by atoms with van der Waals surface area (Å²) >= 11 is 0. The van der Waals surface area contributed by atoms with E-state index in [1.807, 2.05) is 19.1 Å². The fourth-order valence-electron chi connectivity index (χ4n) is 2.36. The number of hydrogen-bond donors (Lipinski definition) is 1. The van der Waals surface area contributed by atoms with E-state index in [9.17, 15) is 4.79 Å². The lowest BCUT2D eigenvalue weighted by atomic mass is 10.0. The number of pyridine rings is 1. The minimum Gasteiger partial charge on any atom is -0.352 e. The van der Waals surface area contributed by atoms with Gasteiger partial charge in [0, 0.05) is 31.4 Å². The van der Waals surface area contributed by atoms with Gasteiger partial charge in [-0.3, -0.25) is 9.78 Å². The molecule has 1 aromatic heterocycles. The zero-order valence-electron chi connectivity index (χ0n) is 12.5. The largest absolute Gasteiger partial charge is 0.352 e. The molecular formula is C16H22N2O3. The van der Waals surface area contributed by atoms with Gasteiger partial charge in [0.15, 0.2) is 5.79 Å². The van der Waals surface area contributed by atoms with Crippen LogP contribution in [0.4, 0.5) is 0 Å². The van der Waals surface area contributed by atoms with Crippen molar-refractivity contribution in [3.63, 3.8) is 0 Å². The van der Waals surface area contributed by atoms with Gasteiger partial charge in [-0.25, -0.2) is 0 Å². The Balaban J connectivity index is 1.72. The summed E-state index contributed by atoms with van der Waals surface area (Å²) in [6, 6.07) is 3.73. The molecule has 1 amide bonds. The van der Waals surface area contributed by atoms with E-state index in [0.717, 1.165) is 12.0 Å². The molecule has 1 aliphatic heterocycles. The molecular weight excluding hydrogens is 268 g/mol. The second-order valence-electron chi connectivity index (χ2n) is 5.50. The van der Waals surface area contributed by atoms with Crippen molar-refractivity contribution in [3.05, 3.63) is 36.2 Å². The maximum absolute atomic E-state index is 11.8. The number of nitrogens with one attached hydrogen (secondary N) is 1. The first-order valence-corrected chi connectivity index (χ1v) is 7.21. The lowest BCUT2D eigenvalue weighted by Crippen LogP contribution is -2.33. The smallest absolute Gasteiger partial charge is 0.244 e. The minimum atomic E-state index is -0.504. The van der Waals surface area contributed by atoms with Crippen LogP contribution in [-0.2, 0) is 14.3 Å². The molecule has 0 bridgehead atoms. The summed E-state index contributed by atoms with van der Waals surface area (Å²) in [5.41, 5.74) is 0.904. The van der Waals surface area contributed by atoms with E-state index in [1.54, 1.807) is 18.5 Å². The van der Waals surface area contributed by atoms with Gasteiger partial charge in [-0.05, 0) is 30.5 Å². The molecule has 0 radical (unpaired) electrons. The lowest BCUT2D eigenvalue weighted by Gasteiger charge is -2.25. The zero-order valence-corrected chi connectivity index (χ0v) is 12.5. The van der Waals surface area contributed by atoms with E-state index >= 15 is 0 Å². The average Bonchev–Trinajstić information content (AvgIpc) is 2.90. The fourth-order valence-corrected chi connectivity index (χ4v) is 2.36. The van der Waals surface area contributed by atoms with E-state index in [4.69, 9.17) is 9.47 Å². The number of ether oxygens (including phenoxy) is 2. The molecule has 0 aliphatic carbocycles. The summed E-state index contributed by atoms with van der Waals surface area (Å²) in [5.74, 6) is -0.330.